The van der Waals surface area contributed by atoms with E-state index in [4.69, 9.17) is 11.6 Å². The molecular formula is C22H17ClFNO2. The third-order valence-corrected chi connectivity index (χ3v) is 4.47. The molecule has 27 heavy (non-hydrogen) atoms. The molecule has 3 aromatic rings. The number of nitrogens with zero attached hydrogens (tertiary/aromatic N) is 1. The van der Waals surface area contributed by atoms with Crippen molar-refractivity contribution < 1.29 is 14.0 Å². The van der Waals surface area contributed by atoms with Gasteiger partial charge in [0.1, 0.15) is 5.82 Å². The maximum atomic E-state index is 13.9. The Kier molecular flexibility index (Phi) is 5.67. The first-order valence-corrected chi connectivity index (χ1v) is 8.73. The van der Waals surface area contributed by atoms with Gasteiger partial charge in [0, 0.05) is 35.3 Å². The molecule has 0 heterocycles. The second-order valence-electron chi connectivity index (χ2n) is 6.13. The molecule has 0 saturated carbocycles. The van der Waals surface area contributed by atoms with Crippen molar-refractivity contribution in [3.63, 3.8) is 0 Å². The molecule has 0 unspecified atom stereocenters. The van der Waals surface area contributed by atoms with E-state index in [2.05, 4.69) is 0 Å². The summed E-state index contributed by atoms with van der Waals surface area (Å²) >= 11 is 5.87. The van der Waals surface area contributed by atoms with Gasteiger partial charge >= 0.3 is 0 Å². The van der Waals surface area contributed by atoms with Crippen molar-refractivity contribution in [2.45, 2.75) is 6.54 Å². The molecule has 136 valence electrons. The van der Waals surface area contributed by atoms with E-state index in [1.54, 1.807) is 73.8 Å². The highest BCUT2D eigenvalue weighted by Gasteiger charge is 2.21. The molecule has 0 aliphatic rings. The van der Waals surface area contributed by atoms with Crippen molar-refractivity contribution in [2.75, 3.05) is 7.05 Å². The number of carbonyl (C=O) groups excluding carboxylic acids is 2. The van der Waals surface area contributed by atoms with Gasteiger partial charge in [0.05, 0.1) is 5.56 Å². The molecule has 0 radical (unpaired) electrons. The third-order valence-electron chi connectivity index (χ3n) is 4.22. The van der Waals surface area contributed by atoms with Crippen LogP contribution in [0.2, 0.25) is 5.02 Å². The van der Waals surface area contributed by atoms with Crippen LogP contribution >= 0.6 is 11.6 Å². The predicted molar refractivity (Wildman–Crippen MR) is 104 cm³/mol. The summed E-state index contributed by atoms with van der Waals surface area (Å²) in [7, 11) is 1.58. The summed E-state index contributed by atoms with van der Waals surface area (Å²) in [5.41, 5.74) is 1.42. The fourth-order valence-corrected chi connectivity index (χ4v) is 2.91. The molecule has 3 nitrogen and oxygen atoms in total. The quantitative estimate of drug-likeness (QED) is 0.584. The smallest absolute Gasteiger partial charge is 0.254 e. The minimum Gasteiger partial charge on any atom is -0.337 e. The van der Waals surface area contributed by atoms with Crippen molar-refractivity contribution in [2.24, 2.45) is 0 Å². The van der Waals surface area contributed by atoms with Crippen LogP contribution in [0.1, 0.15) is 31.8 Å². The molecule has 0 spiro atoms. The number of hydrogen-bond acceptors (Lipinski definition) is 2. The summed E-state index contributed by atoms with van der Waals surface area (Å²) in [4.78, 5) is 27.1. The Balaban J connectivity index is 1.88. The lowest BCUT2D eigenvalue weighted by Crippen LogP contribution is -2.28. The maximum Gasteiger partial charge on any atom is 0.254 e. The zero-order valence-electron chi connectivity index (χ0n) is 14.7. The number of carbonyl (C=O) groups is 2. The summed E-state index contributed by atoms with van der Waals surface area (Å²) in [5.74, 6) is -0.992. The van der Waals surface area contributed by atoms with Gasteiger partial charge in [0.2, 0.25) is 0 Å². The molecule has 0 aromatic heterocycles. The first kappa shape index (κ1) is 18.8. The molecule has 0 aliphatic heterocycles. The van der Waals surface area contributed by atoms with Gasteiger partial charge in [-0.2, -0.15) is 0 Å². The lowest BCUT2D eigenvalue weighted by Gasteiger charge is -2.19. The van der Waals surface area contributed by atoms with Crippen LogP contribution in [-0.4, -0.2) is 23.6 Å². The number of hydrogen-bond donors (Lipinski definition) is 0. The van der Waals surface area contributed by atoms with Crippen LogP contribution in [0.3, 0.4) is 0 Å². The highest BCUT2D eigenvalue weighted by molar-refractivity contribution is 6.30. The number of rotatable bonds is 5. The molecule has 0 saturated heterocycles. The van der Waals surface area contributed by atoms with Crippen LogP contribution in [0.15, 0.2) is 72.8 Å². The molecule has 0 N–H and O–H groups in total. The minimum absolute atomic E-state index is 0.106. The van der Waals surface area contributed by atoms with Crippen molar-refractivity contribution in [3.8, 4) is 0 Å². The predicted octanol–water partition coefficient (Wildman–Crippen LogP) is 4.98. The third kappa shape index (κ3) is 4.23. The molecule has 0 fully saturated rings. The summed E-state index contributed by atoms with van der Waals surface area (Å²) in [6, 6.07) is 19.4. The highest BCUT2D eigenvalue weighted by Crippen LogP contribution is 2.19. The van der Waals surface area contributed by atoms with Gasteiger partial charge in [0.15, 0.2) is 5.78 Å². The number of ketones is 1. The van der Waals surface area contributed by atoms with E-state index in [1.807, 2.05) is 0 Å². The Morgan fingerprint density at radius 2 is 1.48 bits per heavy atom. The molecule has 5 heteroatoms. The Morgan fingerprint density at radius 3 is 2.15 bits per heavy atom. The molecule has 3 rings (SSSR count). The number of halogens is 2. The number of benzene rings is 3. The normalized spacial score (nSPS) is 10.5. The van der Waals surface area contributed by atoms with E-state index in [9.17, 15) is 14.0 Å². The van der Waals surface area contributed by atoms with Gasteiger partial charge < -0.3 is 4.90 Å². The maximum absolute atomic E-state index is 13.9. The summed E-state index contributed by atoms with van der Waals surface area (Å²) in [5, 5.41) is 0.528. The van der Waals surface area contributed by atoms with Crippen LogP contribution in [0, 0.1) is 5.82 Å². The summed E-state index contributed by atoms with van der Waals surface area (Å²) in [6.07, 6.45) is 0. The van der Waals surface area contributed by atoms with E-state index in [1.165, 1.54) is 11.0 Å². The van der Waals surface area contributed by atoms with Gasteiger partial charge in [-0.15, -0.1) is 0 Å². The molecule has 1 amide bonds. The molecule has 0 bridgehead atoms. The lowest BCUT2D eigenvalue weighted by atomic mass is 9.97. The van der Waals surface area contributed by atoms with Gasteiger partial charge in [-0.05, 0) is 36.4 Å². The Labute approximate surface area is 162 Å². The van der Waals surface area contributed by atoms with Crippen molar-refractivity contribution in [3.05, 3.63) is 106 Å². The van der Waals surface area contributed by atoms with E-state index in [-0.39, 0.29) is 29.6 Å². The topological polar surface area (TPSA) is 37.4 Å². The minimum atomic E-state index is -0.373. The fraction of sp³-hybridized carbons (Fsp3) is 0.0909. The van der Waals surface area contributed by atoms with Gasteiger partial charge in [-0.1, -0.05) is 48.0 Å². The second kappa shape index (κ2) is 8.14. The summed E-state index contributed by atoms with van der Waals surface area (Å²) < 4.78 is 13.9. The van der Waals surface area contributed by atoms with Gasteiger partial charge in [-0.25, -0.2) is 4.39 Å². The largest absolute Gasteiger partial charge is 0.337 e. The Morgan fingerprint density at radius 1 is 0.889 bits per heavy atom. The average Bonchev–Trinajstić information content (AvgIpc) is 2.69. The molecule has 3 aromatic carbocycles. The van der Waals surface area contributed by atoms with Gasteiger partial charge in [0.25, 0.3) is 5.91 Å². The number of amides is 1. The molecule has 0 atom stereocenters. The summed E-state index contributed by atoms with van der Waals surface area (Å²) in [6.45, 7) is 0.106. The fourth-order valence-electron chi connectivity index (χ4n) is 2.78. The first-order valence-electron chi connectivity index (χ1n) is 8.35. The average molecular weight is 382 g/mol. The van der Waals surface area contributed by atoms with Crippen molar-refractivity contribution in [1.29, 1.82) is 0 Å². The van der Waals surface area contributed by atoms with Gasteiger partial charge in [-0.3, -0.25) is 9.59 Å². The van der Waals surface area contributed by atoms with Crippen LogP contribution in [0.4, 0.5) is 4.39 Å². The van der Waals surface area contributed by atoms with Crippen molar-refractivity contribution in [1.82, 2.24) is 4.90 Å². The first-order chi connectivity index (χ1) is 13.0. The Bertz CT molecular complexity index is 986. The van der Waals surface area contributed by atoms with Crippen LogP contribution in [0.5, 0.6) is 0 Å². The monoisotopic (exact) mass is 381 g/mol. The zero-order valence-corrected chi connectivity index (χ0v) is 15.4. The van der Waals surface area contributed by atoms with Crippen LogP contribution < -0.4 is 0 Å². The molecule has 0 aliphatic carbocycles. The standard InChI is InChI=1S/C22H17ClFNO2/c1-25(14-16-6-2-5-9-20(16)24)22(27)19-8-4-3-7-18(19)21(26)15-10-12-17(23)13-11-15/h2-13H,14H2,1H3. The second-order valence-corrected chi connectivity index (χ2v) is 6.57. The van der Waals surface area contributed by atoms with Crippen molar-refractivity contribution >= 4 is 23.3 Å². The zero-order chi connectivity index (χ0) is 19.4. The lowest BCUT2D eigenvalue weighted by molar-refractivity contribution is 0.0779. The highest BCUT2D eigenvalue weighted by atomic mass is 35.5. The van der Waals surface area contributed by atoms with Crippen LogP contribution in [0.25, 0.3) is 0 Å². The Hall–Kier alpha value is -2.98. The van der Waals surface area contributed by atoms with E-state index in [0.717, 1.165) is 0 Å². The SMILES string of the molecule is CN(Cc1ccccc1F)C(=O)c1ccccc1C(=O)c1ccc(Cl)cc1. The van der Waals surface area contributed by atoms with E-state index >= 15 is 0 Å². The van der Waals surface area contributed by atoms with E-state index in [0.29, 0.717) is 21.7 Å². The van der Waals surface area contributed by atoms with E-state index < -0.39 is 0 Å². The molecular weight excluding hydrogens is 365 g/mol. The van der Waals surface area contributed by atoms with Crippen LogP contribution in [-0.2, 0) is 6.54 Å².